The van der Waals surface area contributed by atoms with Gasteiger partial charge in [-0.15, -0.1) is 0 Å². The minimum Gasteiger partial charge on any atom is -0.317 e. The van der Waals surface area contributed by atoms with Gasteiger partial charge in [0.15, 0.2) is 0 Å². The van der Waals surface area contributed by atoms with Crippen LogP contribution in [0.2, 0.25) is 0 Å². The van der Waals surface area contributed by atoms with Crippen molar-refractivity contribution in [2.75, 3.05) is 0 Å². The molecule has 1 aliphatic rings. The van der Waals surface area contributed by atoms with Crippen molar-refractivity contribution >= 4 is 5.91 Å². The van der Waals surface area contributed by atoms with E-state index in [0.717, 1.165) is 0 Å². The molecule has 0 unspecified atom stereocenters. The van der Waals surface area contributed by atoms with Crippen molar-refractivity contribution in [3.8, 4) is 0 Å². The minimum absolute atomic E-state index is 0.0579. The molecule has 0 aromatic heterocycles. The van der Waals surface area contributed by atoms with Gasteiger partial charge in [0.25, 0.3) is 0 Å². The molecule has 1 amide bonds. The Kier molecular flexibility index (Phi) is 2.57. The largest absolute Gasteiger partial charge is 0.317 e. The number of hydrogen-bond donors (Lipinski definition) is 1. The van der Waals surface area contributed by atoms with Crippen LogP contribution < -0.4 is 5.73 Å². The zero-order valence-corrected chi connectivity index (χ0v) is 8.32. The van der Waals surface area contributed by atoms with Gasteiger partial charge in [0.05, 0.1) is 0 Å². The summed E-state index contributed by atoms with van der Waals surface area (Å²) in [6, 6.07) is -0.519. The van der Waals surface area contributed by atoms with Crippen molar-refractivity contribution in [1.29, 1.82) is 0 Å². The van der Waals surface area contributed by atoms with E-state index in [1.165, 1.54) is 0 Å². The van der Waals surface area contributed by atoms with Gasteiger partial charge in [-0.25, -0.2) is 0 Å². The first-order chi connectivity index (χ1) is 5.93. The Bertz CT molecular complexity index is 261. The number of rotatable bonds is 0. The first-order valence-corrected chi connectivity index (χ1v) is 4.36. The molecule has 0 spiro atoms. The van der Waals surface area contributed by atoms with Gasteiger partial charge in [0.2, 0.25) is 5.91 Å². The van der Waals surface area contributed by atoms with Crippen molar-refractivity contribution in [1.82, 2.24) is 4.90 Å². The Balaban J connectivity index is 2.93. The lowest BCUT2D eigenvalue weighted by Gasteiger charge is -2.33. The predicted octanol–water partition coefficient (Wildman–Crippen LogP) is 1.02. The molecule has 0 bridgehead atoms. The summed E-state index contributed by atoms with van der Waals surface area (Å²) in [6.45, 7) is 5.94. The third kappa shape index (κ3) is 2.18. The van der Waals surface area contributed by atoms with Crippen molar-refractivity contribution in [2.24, 2.45) is 5.73 Å². The third-order valence-electron chi connectivity index (χ3n) is 1.91. The summed E-state index contributed by atoms with van der Waals surface area (Å²) >= 11 is 0. The Morgan fingerprint density at radius 3 is 2.54 bits per heavy atom. The summed E-state index contributed by atoms with van der Waals surface area (Å²) in [6.07, 6.45) is 7.10. The van der Waals surface area contributed by atoms with Gasteiger partial charge < -0.3 is 10.6 Å². The second kappa shape index (κ2) is 3.34. The van der Waals surface area contributed by atoms with Crippen LogP contribution >= 0.6 is 0 Å². The number of carbonyl (C=O) groups is 1. The number of hydrogen-bond acceptors (Lipinski definition) is 2. The van der Waals surface area contributed by atoms with Crippen LogP contribution in [0.1, 0.15) is 20.8 Å². The summed E-state index contributed by atoms with van der Waals surface area (Å²) < 4.78 is 0. The number of nitrogens with two attached hydrogens (primary N) is 1. The average Bonchev–Trinajstić information content (AvgIpc) is 2.14. The second-order valence-corrected chi connectivity index (χ2v) is 4.13. The maximum absolute atomic E-state index is 11.7. The van der Waals surface area contributed by atoms with Crippen LogP contribution in [-0.4, -0.2) is 22.4 Å². The molecule has 1 aliphatic heterocycles. The molecular weight excluding hydrogens is 164 g/mol. The molecule has 1 heterocycles. The van der Waals surface area contributed by atoms with Crippen molar-refractivity contribution < 1.29 is 4.79 Å². The molecule has 1 atom stereocenters. The summed E-state index contributed by atoms with van der Waals surface area (Å²) in [5.74, 6) is -0.0579. The molecule has 2 N–H and O–H groups in total. The maximum Gasteiger partial charge on any atom is 0.247 e. The van der Waals surface area contributed by atoms with Crippen LogP contribution in [0.15, 0.2) is 24.4 Å². The number of carbonyl (C=O) groups excluding carboxylic acids is 1. The molecule has 0 saturated heterocycles. The van der Waals surface area contributed by atoms with Crippen molar-refractivity contribution in [3.63, 3.8) is 0 Å². The van der Waals surface area contributed by atoms with E-state index in [2.05, 4.69) is 0 Å². The lowest BCUT2D eigenvalue weighted by molar-refractivity contribution is -0.132. The first-order valence-electron chi connectivity index (χ1n) is 4.36. The SMILES string of the molecule is CC(C)(C)N1C=CC=C[C@@H](N)C1=O. The molecule has 0 saturated carbocycles. The molecule has 0 aliphatic carbocycles. The summed E-state index contributed by atoms with van der Waals surface area (Å²) in [7, 11) is 0. The number of allylic oxidation sites excluding steroid dienone is 2. The van der Waals surface area contributed by atoms with Gasteiger partial charge >= 0.3 is 0 Å². The van der Waals surface area contributed by atoms with E-state index in [9.17, 15) is 4.79 Å². The summed E-state index contributed by atoms with van der Waals surface area (Å²) in [5, 5.41) is 0. The highest BCUT2D eigenvalue weighted by atomic mass is 16.2. The van der Waals surface area contributed by atoms with Gasteiger partial charge in [-0.1, -0.05) is 12.2 Å². The van der Waals surface area contributed by atoms with E-state index in [4.69, 9.17) is 5.73 Å². The van der Waals surface area contributed by atoms with Crippen LogP contribution in [0, 0.1) is 0 Å². The molecular formula is C10H16N2O. The third-order valence-corrected chi connectivity index (χ3v) is 1.91. The molecule has 1 rings (SSSR count). The Morgan fingerprint density at radius 1 is 1.38 bits per heavy atom. The lowest BCUT2D eigenvalue weighted by Crippen LogP contribution is -2.48. The highest BCUT2D eigenvalue weighted by molar-refractivity contribution is 5.85. The smallest absolute Gasteiger partial charge is 0.247 e. The van der Waals surface area contributed by atoms with Crippen molar-refractivity contribution in [2.45, 2.75) is 32.4 Å². The first kappa shape index (κ1) is 9.99. The van der Waals surface area contributed by atoms with Crippen LogP contribution in [-0.2, 0) is 4.79 Å². The Morgan fingerprint density at radius 2 is 2.00 bits per heavy atom. The van der Waals surface area contributed by atoms with E-state index in [0.29, 0.717) is 0 Å². The normalized spacial score (nSPS) is 23.5. The fourth-order valence-corrected chi connectivity index (χ4v) is 1.19. The van der Waals surface area contributed by atoms with Gasteiger partial charge in [-0.2, -0.15) is 0 Å². The molecule has 72 valence electrons. The molecule has 3 nitrogen and oxygen atoms in total. The Labute approximate surface area is 78.9 Å². The maximum atomic E-state index is 11.7. The van der Waals surface area contributed by atoms with Gasteiger partial charge in [0.1, 0.15) is 6.04 Å². The minimum atomic E-state index is -0.519. The second-order valence-electron chi connectivity index (χ2n) is 4.13. The summed E-state index contributed by atoms with van der Waals surface area (Å²) in [5.41, 5.74) is 5.44. The lowest BCUT2D eigenvalue weighted by atomic mass is 10.1. The number of amides is 1. The highest BCUT2D eigenvalue weighted by Crippen LogP contribution is 2.16. The average molecular weight is 180 g/mol. The fraction of sp³-hybridized carbons (Fsp3) is 0.500. The van der Waals surface area contributed by atoms with E-state index in [1.54, 1.807) is 23.3 Å². The van der Waals surface area contributed by atoms with Gasteiger partial charge in [-0.3, -0.25) is 4.79 Å². The molecule has 0 radical (unpaired) electrons. The van der Waals surface area contributed by atoms with E-state index < -0.39 is 6.04 Å². The fourth-order valence-electron chi connectivity index (χ4n) is 1.19. The molecule has 3 heteroatoms. The monoisotopic (exact) mass is 180 g/mol. The van der Waals surface area contributed by atoms with Crippen LogP contribution in [0.5, 0.6) is 0 Å². The molecule has 13 heavy (non-hydrogen) atoms. The standard InChI is InChI=1S/C10H16N2O/c1-10(2,3)12-7-5-4-6-8(11)9(12)13/h4-8H,11H2,1-3H3/t8-/m1/s1. The molecule has 0 aromatic rings. The number of nitrogens with zero attached hydrogens (tertiary/aromatic N) is 1. The zero-order valence-electron chi connectivity index (χ0n) is 8.32. The van der Waals surface area contributed by atoms with Crippen molar-refractivity contribution in [3.05, 3.63) is 24.4 Å². The zero-order chi connectivity index (χ0) is 10.1. The molecule has 0 aromatic carbocycles. The van der Waals surface area contributed by atoms with Gasteiger partial charge in [0, 0.05) is 11.7 Å². The van der Waals surface area contributed by atoms with Crippen LogP contribution in [0.25, 0.3) is 0 Å². The quantitative estimate of drug-likeness (QED) is 0.605. The van der Waals surface area contributed by atoms with Crippen LogP contribution in [0.3, 0.4) is 0 Å². The highest BCUT2D eigenvalue weighted by Gasteiger charge is 2.27. The van der Waals surface area contributed by atoms with E-state index in [1.807, 2.05) is 26.8 Å². The van der Waals surface area contributed by atoms with E-state index in [-0.39, 0.29) is 11.4 Å². The molecule has 0 fully saturated rings. The predicted molar refractivity (Wildman–Crippen MR) is 52.9 cm³/mol. The van der Waals surface area contributed by atoms with E-state index >= 15 is 0 Å². The summed E-state index contributed by atoms with van der Waals surface area (Å²) in [4.78, 5) is 13.4. The Hall–Kier alpha value is -1.09. The van der Waals surface area contributed by atoms with Gasteiger partial charge in [-0.05, 0) is 26.8 Å². The van der Waals surface area contributed by atoms with Crippen LogP contribution in [0.4, 0.5) is 0 Å². The topological polar surface area (TPSA) is 46.3 Å².